The molecule has 0 heterocycles. The first-order chi connectivity index (χ1) is 10.9. The molecule has 8 heteroatoms. The van der Waals surface area contributed by atoms with Gasteiger partial charge < -0.3 is 15.4 Å². The van der Waals surface area contributed by atoms with Crippen LogP contribution in [0.4, 0.5) is 18.0 Å². The summed E-state index contributed by atoms with van der Waals surface area (Å²) >= 11 is 0. The lowest BCUT2D eigenvalue weighted by atomic mass is 9.96. The van der Waals surface area contributed by atoms with Crippen molar-refractivity contribution in [2.45, 2.75) is 38.5 Å². The van der Waals surface area contributed by atoms with Crippen LogP contribution in [-0.2, 0) is 15.7 Å². The van der Waals surface area contributed by atoms with Crippen LogP contribution >= 0.6 is 0 Å². The summed E-state index contributed by atoms with van der Waals surface area (Å²) < 4.78 is 43.5. The lowest BCUT2D eigenvalue weighted by Gasteiger charge is -2.22. The van der Waals surface area contributed by atoms with Crippen LogP contribution in [0.3, 0.4) is 0 Å². The Morgan fingerprint density at radius 1 is 1.21 bits per heavy atom. The number of halogens is 3. The van der Waals surface area contributed by atoms with Crippen molar-refractivity contribution in [1.29, 1.82) is 0 Å². The van der Waals surface area contributed by atoms with Crippen molar-refractivity contribution in [3.8, 4) is 0 Å². The van der Waals surface area contributed by atoms with Gasteiger partial charge in [-0.15, -0.1) is 0 Å². The first-order valence-corrected chi connectivity index (χ1v) is 7.29. The van der Waals surface area contributed by atoms with Gasteiger partial charge in [0.2, 0.25) is 5.91 Å². The molecule has 2 N–H and O–H groups in total. The number of likely N-dealkylation sites (N-methyl/N-ethyl adjacent to an activating group) is 1. The molecule has 5 nitrogen and oxygen atoms in total. The maximum Gasteiger partial charge on any atom is 0.416 e. The number of hydrogen-bond acceptors (Lipinski definition) is 3. The Morgan fingerprint density at radius 3 is 2.33 bits per heavy atom. The summed E-state index contributed by atoms with van der Waals surface area (Å²) in [5, 5.41) is 4.79. The van der Waals surface area contributed by atoms with Gasteiger partial charge in [0.1, 0.15) is 5.60 Å². The lowest BCUT2D eigenvalue weighted by Crippen LogP contribution is -2.38. The predicted octanol–water partition coefficient (Wildman–Crippen LogP) is 3.06. The Kier molecular flexibility index (Phi) is 6.22. The van der Waals surface area contributed by atoms with Crippen LogP contribution in [0.1, 0.15) is 37.8 Å². The third-order valence-corrected chi connectivity index (χ3v) is 3.03. The zero-order chi connectivity index (χ0) is 18.5. The molecule has 0 saturated heterocycles. The van der Waals surface area contributed by atoms with E-state index in [-0.39, 0.29) is 12.1 Å². The highest BCUT2D eigenvalue weighted by Crippen LogP contribution is 2.31. The van der Waals surface area contributed by atoms with E-state index in [4.69, 9.17) is 4.74 Å². The topological polar surface area (TPSA) is 67.4 Å². The van der Waals surface area contributed by atoms with Crippen molar-refractivity contribution in [3.63, 3.8) is 0 Å². The molecule has 0 aliphatic rings. The highest BCUT2D eigenvalue weighted by atomic mass is 19.4. The van der Waals surface area contributed by atoms with Gasteiger partial charge >= 0.3 is 12.3 Å². The Balaban J connectivity index is 2.95. The van der Waals surface area contributed by atoms with Gasteiger partial charge in [0, 0.05) is 13.6 Å². The molecule has 1 rings (SSSR count). The van der Waals surface area contributed by atoms with Crippen LogP contribution in [0.25, 0.3) is 0 Å². The van der Waals surface area contributed by atoms with Crippen molar-refractivity contribution in [1.82, 2.24) is 10.6 Å². The Hall–Kier alpha value is -2.25. The molecule has 1 atom stereocenters. The molecule has 1 aromatic rings. The highest BCUT2D eigenvalue weighted by Gasteiger charge is 2.32. The number of nitrogens with one attached hydrogen (secondary N) is 2. The van der Waals surface area contributed by atoms with E-state index < -0.39 is 35.3 Å². The third kappa shape index (κ3) is 6.10. The molecule has 0 saturated carbocycles. The van der Waals surface area contributed by atoms with Gasteiger partial charge in [-0.2, -0.15) is 13.2 Å². The highest BCUT2D eigenvalue weighted by molar-refractivity contribution is 5.84. The van der Waals surface area contributed by atoms with Gasteiger partial charge in [-0.3, -0.25) is 4.79 Å². The first-order valence-electron chi connectivity index (χ1n) is 7.29. The Morgan fingerprint density at radius 2 is 1.83 bits per heavy atom. The van der Waals surface area contributed by atoms with Crippen LogP contribution in [0.2, 0.25) is 0 Å². The zero-order valence-electron chi connectivity index (χ0n) is 14.0. The molecule has 1 aromatic carbocycles. The van der Waals surface area contributed by atoms with Crippen molar-refractivity contribution in [3.05, 3.63) is 35.4 Å². The number of benzene rings is 1. The Bertz CT molecular complexity index is 595. The zero-order valence-corrected chi connectivity index (χ0v) is 14.0. The summed E-state index contributed by atoms with van der Waals surface area (Å²) in [7, 11) is 1.37. The van der Waals surface area contributed by atoms with Crippen molar-refractivity contribution in [2.24, 2.45) is 0 Å². The Labute approximate surface area is 138 Å². The van der Waals surface area contributed by atoms with E-state index >= 15 is 0 Å². The average molecular weight is 346 g/mol. The molecule has 0 unspecified atom stereocenters. The fourth-order valence-corrected chi connectivity index (χ4v) is 1.97. The number of alkyl halides is 3. The van der Waals surface area contributed by atoms with Crippen LogP contribution in [0.5, 0.6) is 0 Å². The van der Waals surface area contributed by atoms with Crippen LogP contribution < -0.4 is 10.6 Å². The van der Waals surface area contributed by atoms with Crippen LogP contribution in [0, 0.1) is 0 Å². The summed E-state index contributed by atoms with van der Waals surface area (Å²) in [6.45, 7) is 4.84. The molecule has 0 radical (unpaired) electrons. The van der Waals surface area contributed by atoms with E-state index in [2.05, 4.69) is 10.6 Å². The molecular weight excluding hydrogens is 325 g/mol. The number of amides is 2. The SMILES string of the molecule is CNC(=O)[C@@H](CNC(=O)OC(C)(C)C)c1cccc(C(F)(F)F)c1. The largest absolute Gasteiger partial charge is 0.444 e. The first kappa shape index (κ1) is 19.8. The molecule has 2 amide bonds. The molecule has 24 heavy (non-hydrogen) atoms. The summed E-state index contributed by atoms with van der Waals surface area (Å²) in [5.74, 6) is -1.48. The second-order valence-corrected chi connectivity index (χ2v) is 6.17. The van der Waals surface area contributed by atoms with Crippen molar-refractivity contribution < 1.29 is 27.5 Å². The predicted molar refractivity (Wildman–Crippen MR) is 82.5 cm³/mol. The summed E-state index contributed by atoms with van der Waals surface area (Å²) in [6, 6.07) is 4.45. The standard InChI is InChI=1S/C16H21F3N2O3/c1-15(2,3)24-14(23)21-9-12(13(22)20-4)10-6-5-7-11(8-10)16(17,18)19/h5-8,12H,9H2,1-4H3,(H,20,22)(H,21,23)/t12-/m0/s1. The second kappa shape index (κ2) is 7.55. The maximum atomic E-state index is 12.8. The molecule has 0 aromatic heterocycles. The number of alkyl carbamates (subject to hydrolysis) is 1. The molecule has 0 aliphatic carbocycles. The van der Waals surface area contributed by atoms with E-state index in [1.165, 1.54) is 19.2 Å². The number of carbonyl (C=O) groups excluding carboxylic acids is 2. The maximum absolute atomic E-state index is 12.8. The summed E-state index contributed by atoms with van der Waals surface area (Å²) in [5.41, 5.74) is -1.42. The molecule has 0 fully saturated rings. The van der Waals surface area contributed by atoms with Crippen LogP contribution in [-0.4, -0.2) is 31.2 Å². The minimum absolute atomic E-state index is 0.153. The van der Waals surface area contributed by atoms with Gasteiger partial charge in [-0.25, -0.2) is 4.79 Å². The van der Waals surface area contributed by atoms with E-state index in [1.807, 2.05) is 0 Å². The number of carbonyl (C=O) groups is 2. The normalized spacial score (nSPS) is 13.1. The molecule has 0 bridgehead atoms. The van der Waals surface area contributed by atoms with E-state index in [9.17, 15) is 22.8 Å². The molecule has 134 valence electrons. The van der Waals surface area contributed by atoms with E-state index in [0.29, 0.717) is 0 Å². The monoisotopic (exact) mass is 346 g/mol. The number of rotatable bonds is 4. The summed E-state index contributed by atoms with van der Waals surface area (Å²) in [6.07, 6.45) is -5.26. The van der Waals surface area contributed by atoms with Gasteiger partial charge in [0.25, 0.3) is 0 Å². The smallest absolute Gasteiger partial charge is 0.416 e. The van der Waals surface area contributed by atoms with Gasteiger partial charge in [-0.1, -0.05) is 18.2 Å². The second-order valence-electron chi connectivity index (χ2n) is 6.17. The minimum atomic E-state index is -4.51. The molecule has 0 aliphatic heterocycles. The van der Waals surface area contributed by atoms with Gasteiger partial charge in [0.05, 0.1) is 11.5 Å². The summed E-state index contributed by atoms with van der Waals surface area (Å²) in [4.78, 5) is 23.7. The molecular formula is C16H21F3N2O3. The van der Waals surface area contributed by atoms with Crippen molar-refractivity contribution in [2.75, 3.05) is 13.6 Å². The molecule has 0 spiro atoms. The van der Waals surface area contributed by atoms with Crippen molar-refractivity contribution >= 4 is 12.0 Å². The third-order valence-electron chi connectivity index (χ3n) is 3.03. The number of ether oxygens (including phenoxy) is 1. The quantitative estimate of drug-likeness (QED) is 0.880. The fraction of sp³-hybridized carbons (Fsp3) is 0.500. The van der Waals surface area contributed by atoms with E-state index in [0.717, 1.165) is 12.1 Å². The average Bonchev–Trinajstić information content (AvgIpc) is 2.44. The minimum Gasteiger partial charge on any atom is -0.444 e. The fourth-order valence-electron chi connectivity index (χ4n) is 1.97. The lowest BCUT2D eigenvalue weighted by molar-refractivity contribution is -0.137. The van der Waals surface area contributed by atoms with Gasteiger partial charge in [0.15, 0.2) is 0 Å². The number of hydrogen-bond donors (Lipinski definition) is 2. The van der Waals surface area contributed by atoms with E-state index in [1.54, 1.807) is 20.8 Å². The van der Waals surface area contributed by atoms with Crippen LogP contribution in [0.15, 0.2) is 24.3 Å². The van der Waals surface area contributed by atoms with Gasteiger partial charge in [-0.05, 0) is 32.4 Å².